The number of benzene rings is 1. The molecular formula is C20H31N3O. The maximum absolute atomic E-state index is 12.6. The molecule has 2 fully saturated rings. The minimum Gasteiger partial charge on any atom is -0.378 e. The number of likely N-dealkylation sites (N-methyl/N-ethyl adjacent to an activating group) is 1. The number of nitrogens with zero attached hydrogens (tertiary/aromatic N) is 1. The SMILES string of the molecule is CNC(C(=O)CNc1ccccc1)C1CCN(C2CCCC2)CC1. The van der Waals surface area contributed by atoms with E-state index in [2.05, 4.69) is 15.5 Å². The summed E-state index contributed by atoms with van der Waals surface area (Å²) in [7, 11) is 1.93. The van der Waals surface area contributed by atoms with Gasteiger partial charge in [0.15, 0.2) is 5.78 Å². The third kappa shape index (κ3) is 4.37. The first-order chi connectivity index (χ1) is 11.8. The number of anilines is 1. The average Bonchev–Trinajstić information content (AvgIpc) is 3.17. The normalized spacial score (nSPS) is 21.7. The molecule has 1 aliphatic heterocycles. The lowest BCUT2D eigenvalue weighted by molar-refractivity contribution is -0.121. The predicted molar refractivity (Wildman–Crippen MR) is 99.3 cm³/mol. The van der Waals surface area contributed by atoms with E-state index >= 15 is 0 Å². The molecule has 1 unspecified atom stereocenters. The number of para-hydroxylation sites is 1. The Morgan fingerprint density at radius 1 is 1.12 bits per heavy atom. The number of hydrogen-bond acceptors (Lipinski definition) is 4. The molecule has 4 nitrogen and oxygen atoms in total. The fourth-order valence-corrected chi connectivity index (χ4v) is 4.40. The number of carbonyl (C=O) groups excluding carboxylic acids is 1. The van der Waals surface area contributed by atoms with E-state index < -0.39 is 0 Å². The molecule has 132 valence electrons. The number of likely N-dealkylation sites (tertiary alicyclic amines) is 1. The molecule has 2 N–H and O–H groups in total. The zero-order valence-corrected chi connectivity index (χ0v) is 14.8. The zero-order valence-electron chi connectivity index (χ0n) is 14.8. The van der Waals surface area contributed by atoms with Gasteiger partial charge < -0.3 is 15.5 Å². The second kappa shape index (κ2) is 8.63. The van der Waals surface area contributed by atoms with E-state index in [0.29, 0.717) is 12.5 Å². The van der Waals surface area contributed by atoms with Crippen molar-refractivity contribution in [1.82, 2.24) is 10.2 Å². The van der Waals surface area contributed by atoms with Crippen LogP contribution in [0, 0.1) is 5.92 Å². The molecule has 1 heterocycles. The van der Waals surface area contributed by atoms with Crippen molar-refractivity contribution in [3.8, 4) is 0 Å². The summed E-state index contributed by atoms with van der Waals surface area (Å²) in [6.07, 6.45) is 7.82. The van der Waals surface area contributed by atoms with E-state index in [9.17, 15) is 4.79 Å². The highest BCUT2D eigenvalue weighted by Crippen LogP contribution is 2.29. The predicted octanol–water partition coefficient (Wildman–Crippen LogP) is 2.91. The maximum atomic E-state index is 12.6. The summed E-state index contributed by atoms with van der Waals surface area (Å²) in [4.78, 5) is 15.3. The number of ketones is 1. The zero-order chi connectivity index (χ0) is 16.8. The molecule has 1 aliphatic carbocycles. The molecule has 1 aromatic carbocycles. The smallest absolute Gasteiger partial charge is 0.168 e. The Kier molecular flexibility index (Phi) is 6.27. The average molecular weight is 329 g/mol. The van der Waals surface area contributed by atoms with Gasteiger partial charge in [-0.2, -0.15) is 0 Å². The van der Waals surface area contributed by atoms with Gasteiger partial charge in [0.05, 0.1) is 12.6 Å². The van der Waals surface area contributed by atoms with Gasteiger partial charge in [0.1, 0.15) is 0 Å². The summed E-state index contributed by atoms with van der Waals surface area (Å²) in [5.41, 5.74) is 1.01. The van der Waals surface area contributed by atoms with Crippen LogP contribution in [-0.4, -0.2) is 49.4 Å². The van der Waals surface area contributed by atoms with Crippen LogP contribution < -0.4 is 10.6 Å². The first-order valence-corrected chi connectivity index (χ1v) is 9.51. The van der Waals surface area contributed by atoms with Crippen LogP contribution >= 0.6 is 0 Å². The Labute approximate surface area is 146 Å². The number of Topliss-reactive ketones (excluding diaryl/α,β-unsaturated/α-hetero) is 1. The van der Waals surface area contributed by atoms with Crippen molar-refractivity contribution in [3.63, 3.8) is 0 Å². The van der Waals surface area contributed by atoms with Gasteiger partial charge in [-0.15, -0.1) is 0 Å². The molecule has 4 heteroatoms. The second-order valence-electron chi connectivity index (χ2n) is 7.26. The van der Waals surface area contributed by atoms with Gasteiger partial charge in [0.25, 0.3) is 0 Å². The Bertz CT molecular complexity index is 505. The fourth-order valence-electron chi connectivity index (χ4n) is 4.40. The van der Waals surface area contributed by atoms with Crippen molar-refractivity contribution >= 4 is 11.5 Å². The lowest BCUT2D eigenvalue weighted by atomic mass is 9.86. The van der Waals surface area contributed by atoms with Crippen molar-refractivity contribution in [2.75, 3.05) is 32.0 Å². The van der Waals surface area contributed by atoms with Crippen molar-refractivity contribution in [1.29, 1.82) is 0 Å². The molecule has 1 saturated carbocycles. The van der Waals surface area contributed by atoms with Crippen molar-refractivity contribution in [2.45, 2.75) is 50.6 Å². The molecule has 0 aromatic heterocycles. The van der Waals surface area contributed by atoms with Crippen LogP contribution in [0.2, 0.25) is 0 Å². The van der Waals surface area contributed by atoms with Crippen molar-refractivity contribution in [3.05, 3.63) is 30.3 Å². The van der Waals surface area contributed by atoms with Gasteiger partial charge >= 0.3 is 0 Å². The van der Waals surface area contributed by atoms with E-state index in [4.69, 9.17) is 0 Å². The lowest BCUT2D eigenvalue weighted by Gasteiger charge is -2.38. The molecule has 24 heavy (non-hydrogen) atoms. The van der Waals surface area contributed by atoms with Crippen LogP contribution in [0.4, 0.5) is 5.69 Å². The highest BCUT2D eigenvalue weighted by molar-refractivity contribution is 5.88. The molecule has 0 bridgehead atoms. The highest BCUT2D eigenvalue weighted by atomic mass is 16.1. The molecular weight excluding hydrogens is 298 g/mol. The van der Waals surface area contributed by atoms with Crippen LogP contribution in [0.25, 0.3) is 0 Å². The summed E-state index contributed by atoms with van der Waals surface area (Å²) in [5.74, 6) is 0.749. The lowest BCUT2D eigenvalue weighted by Crippen LogP contribution is -2.49. The van der Waals surface area contributed by atoms with Crippen LogP contribution in [0.1, 0.15) is 38.5 Å². The topological polar surface area (TPSA) is 44.4 Å². The van der Waals surface area contributed by atoms with E-state index in [1.54, 1.807) is 0 Å². The number of nitrogens with one attached hydrogen (secondary N) is 2. The molecule has 1 atom stereocenters. The third-order valence-electron chi connectivity index (χ3n) is 5.79. The monoisotopic (exact) mass is 329 g/mol. The van der Waals surface area contributed by atoms with Gasteiger partial charge in [0.2, 0.25) is 0 Å². The minimum absolute atomic E-state index is 0.0214. The second-order valence-corrected chi connectivity index (χ2v) is 7.26. The fraction of sp³-hybridized carbons (Fsp3) is 0.650. The standard InChI is InChI=1S/C20H31N3O/c1-21-20(19(24)15-22-17-7-3-2-4-8-17)16-11-13-23(14-12-16)18-9-5-6-10-18/h2-4,7-8,16,18,20-22H,5-6,9-15H2,1H3. The first-order valence-electron chi connectivity index (χ1n) is 9.51. The number of carbonyl (C=O) groups is 1. The van der Waals surface area contributed by atoms with Gasteiger partial charge in [-0.3, -0.25) is 4.79 Å². The number of rotatable bonds is 7. The Morgan fingerprint density at radius 3 is 2.42 bits per heavy atom. The summed E-state index contributed by atoms with van der Waals surface area (Å²) >= 11 is 0. The summed E-state index contributed by atoms with van der Waals surface area (Å²) < 4.78 is 0. The van der Waals surface area contributed by atoms with Gasteiger partial charge in [-0.25, -0.2) is 0 Å². The van der Waals surface area contributed by atoms with Crippen LogP contribution in [0.15, 0.2) is 30.3 Å². The number of hydrogen-bond donors (Lipinski definition) is 2. The summed E-state index contributed by atoms with van der Waals surface area (Å²) in [6.45, 7) is 2.72. The molecule has 0 amide bonds. The van der Waals surface area contributed by atoms with Gasteiger partial charge in [-0.05, 0) is 63.9 Å². The Hall–Kier alpha value is -1.39. The van der Waals surface area contributed by atoms with Gasteiger partial charge in [-0.1, -0.05) is 31.0 Å². The maximum Gasteiger partial charge on any atom is 0.168 e. The Balaban J connectivity index is 1.47. The molecule has 2 aliphatic rings. The highest BCUT2D eigenvalue weighted by Gasteiger charge is 2.32. The summed E-state index contributed by atoms with van der Waals surface area (Å²) in [6, 6.07) is 10.8. The quantitative estimate of drug-likeness (QED) is 0.807. The van der Waals surface area contributed by atoms with E-state index in [1.165, 1.54) is 25.7 Å². The van der Waals surface area contributed by atoms with E-state index in [1.807, 2.05) is 37.4 Å². The molecule has 3 rings (SSSR count). The van der Waals surface area contributed by atoms with Crippen LogP contribution in [0.3, 0.4) is 0 Å². The molecule has 0 radical (unpaired) electrons. The number of piperidine rings is 1. The molecule has 1 saturated heterocycles. The Morgan fingerprint density at radius 2 is 1.79 bits per heavy atom. The van der Waals surface area contributed by atoms with E-state index in [-0.39, 0.29) is 11.8 Å². The summed E-state index contributed by atoms with van der Waals surface area (Å²) in [5, 5.41) is 6.54. The minimum atomic E-state index is -0.0214. The third-order valence-corrected chi connectivity index (χ3v) is 5.79. The van der Waals surface area contributed by atoms with Crippen molar-refractivity contribution < 1.29 is 4.79 Å². The van der Waals surface area contributed by atoms with Crippen molar-refractivity contribution in [2.24, 2.45) is 5.92 Å². The first kappa shape index (κ1) is 17.4. The van der Waals surface area contributed by atoms with Crippen LogP contribution in [-0.2, 0) is 4.79 Å². The van der Waals surface area contributed by atoms with Gasteiger partial charge in [0, 0.05) is 11.7 Å². The molecule has 0 spiro atoms. The molecule has 1 aromatic rings. The van der Waals surface area contributed by atoms with Crippen LogP contribution in [0.5, 0.6) is 0 Å². The largest absolute Gasteiger partial charge is 0.378 e. The van der Waals surface area contributed by atoms with E-state index in [0.717, 1.165) is 37.7 Å².